The molecule has 0 saturated heterocycles. The van der Waals surface area contributed by atoms with Crippen LogP contribution in [0, 0.1) is 5.82 Å². The fourth-order valence-electron chi connectivity index (χ4n) is 4.40. The Morgan fingerprint density at radius 2 is 1.60 bits per heavy atom. The fourth-order valence-corrected chi connectivity index (χ4v) is 5.72. The van der Waals surface area contributed by atoms with Crippen LogP contribution >= 0.6 is 23.4 Å². The summed E-state index contributed by atoms with van der Waals surface area (Å²) in [5.41, 5.74) is 4.77. The first kappa shape index (κ1) is 21.9. The number of aromatic nitrogens is 4. The van der Waals surface area contributed by atoms with Crippen LogP contribution in [-0.2, 0) is 12.2 Å². The average molecular weight is 499 g/mol. The van der Waals surface area contributed by atoms with Crippen LogP contribution in [0.15, 0.2) is 96.2 Å². The molecule has 0 bridgehead atoms. The van der Waals surface area contributed by atoms with E-state index in [0.29, 0.717) is 27.9 Å². The predicted molar refractivity (Wildman–Crippen MR) is 141 cm³/mol. The topological polar surface area (TPSA) is 46.5 Å². The number of nitrogens with zero attached hydrogens (tertiary/aromatic N) is 3. The molecule has 0 atom stereocenters. The minimum atomic E-state index is -0.318. The molecule has 0 amide bonds. The van der Waals surface area contributed by atoms with E-state index >= 15 is 0 Å². The van der Waals surface area contributed by atoms with Gasteiger partial charge in [0, 0.05) is 44.7 Å². The van der Waals surface area contributed by atoms with Gasteiger partial charge in [-0.1, -0.05) is 84.0 Å². The molecule has 2 aromatic heterocycles. The molecule has 6 rings (SSSR count). The number of H-pyrrole nitrogens is 1. The molecule has 0 fully saturated rings. The van der Waals surface area contributed by atoms with Gasteiger partial charge >= 0.3 is 0 Å². The normalized spacial score (nSPS) is 11.5. The highest BCUT2D eigenvalue weighted by Gasteiger charge is 2.18. The molecule has 4 aromatic carbocycles. The molecular weight excluding hydrogens is 479 g/mol. The first-order chi connectivity index (χ1) is 17.2. The molecule has 6 aromatic rings. The van der Waals surface area contributed by atoms with Crippen LogP contribution in [0.3, 0.4) is 0 Å². The smallest absolute Gasteiger partial charge is 0.196 e. The second-order valence-electron chi connectivity index (χ2n) is 8.25. The number of benzene rings is 4. The van der Waals surface area contributed by atoms with Crippen molar-refractivity contribution in [1.29, 1.82) is 0 Å². The number of thioether (sulfide) groups is 1. The molecule has 0 aliphatic heterocycles. The third kappa shape index (κ3) is 4.09. The molecule has 0 saturated carbocycles. The highest BCUT2D eigenvalue weighted by atomic mass is 35.5. The molecule has 35 heavy (non-hydrogen) atoms. The second-order valence-corrected chi connectivity index (χ2v) is 9.60. The van der Waals surface area contributed by atoms with Crippen molar-refractivity contribution in [3.63, 3.8) is 0 Å². The molecule has 0 aliphatic rings. The molecule has 0 spiro atoms. The van der Waals surface area contributed by atoms with Gasteiger partial charge in [-0.25, -0.2) is 4.39 Å². The highest BCUT2D eigenvalue weighted by Crippen LogP contribution is 2.32. The van der Waals surface area contributed by atoms with Gasteiger partial charge in [0.2, 0.25) is 0 Å². The predicted octanol–water partition coefficient (Wildman–Crippen LogP) is 7.58. The maximum absolute atomic E-state index is 14.4. The van der Waals surface area contributed by atoms with Crippen molar-refractivity contribution in [3.8, 4) is 5.69 Å². The van der Waals surface area contributed by atoms with Gasteiger partial charge in [0.05, 0.1) is 5.52 Å². The zero-order valence-electron chi connectivity index (χ0n) is 18.6. The Bertz CT molecular complexity index is 1640. The Balaban J connectivity index is 1.40. The van der Waals surface area contributed by atoms with Crippen LogP contribution in [0.5, 0.6) is 0 Å². The number of fused-ring (bicyclic) bond motifs is 3. The number of rotatable bonds is 6. The molecule has 172 valence electrons. The summed E-state index contributed by atoms with van der Waals surface area (Å²) in [6, 6.07) is 29.4. The van der Waals surface area contributed by atoms with Gasteiger partial charge in [-0.15, -0.1) is 10.2 Å². The third-order valence-corrected chi connectivity index (χ3v) is 7.41. The number of aromatic amines is 1. The minimum Gasteiger partial charge on any atom is -0.354 e. The maximum Gasteiger partial charge on any atom is 0.196 e. The number of hydrogen-bond acceptors (Lipinski definition) is 3. The van der Waals surface area contributed by atoms with Crippen molar-refractivity contribution in [2.45, 2.75) is 17.3 Å². The summed E-state index contributed by atoms with van der Waals surface area (Å²) in [6.07, 6.45) is 0.590. The monoisotopic (exact) mass is 498 g/mol. The Morgan fingerprint density at radius 1 is 0.829 bits per heavy atom. The number of para-hydroxylation sites is 3. The SMILES string of the molecule is Fc1cccc(Cl)c1CSc1nnc(Cc2cccc3c2[nH]c2ccccc23)n1-c1ccccc1. The van der Waals surface area contributed by atoms with Crippen molar-refractivity contribution in [2.75, 3.05) is 0 Å². The first-order valence-corrected chi connectivity index (χ1v) is 12.6. The van der Waals surface area contributed by atoms with Gasteiger partial charge in [-0.3, -0.25) is 4.57 Å². The Labute approximate surface area is 210 Å². The van der Waals surface area contributed by atoms with Crippen LogP contribution in [0.2, 0.25) is 5.02 Å². The van der Waals surface area contributed by atoms with E-state index in [9.17, 15) is 4.39 Å². The van der Waals surface area contributed by atoms with Crippen molar-refractivity contribution >= 4 is 45.2 Å². The van der Waals surface area contributed by atoms with Gasteiger partial charge in [0.25, 0.3) is 0 Å². The van der Waals surface area contributed by atoms with E-state index in [2.05, 4.69) is 51.6 Å². The van der Waals surface area contributed by atoms with Crippen LogP contribution < -0.4 is 0 Å². The zero-order chi connectivity index (χ0) is 23.8. The van der Waals surface area contributed by atoms with Crippen molar-refractivity contribution < 1.29 is 4.39 Å². The summed E-state index contributed by atoms with van der Waals surface area (Å²) in [7, 11) is 0. The van der Waals surface area contributed by atoms with Crippen molar-refractivity contribution in [3.05, 3.63) is 119 Å². The second kappa shape index (κ2) is 9.21. The average Bonchev–Trinajstić information content (AvgIpc) is 3.46. The summed E-state index contributed by atoms with van der Waals surface area (Å²) in [5, 5.41) is 12.5. The highest BCUT2D eigenvalue weighted by molar-refractivity contribution is 7.98. The largest absolute Gasteiger partial charge is 0.354 e. The fraction of sp³-hybridized carbons (Fsp3) is 0.0714. The minimum absolute atomic E-state index is 0.318. The van der Waals surface area contributed by atoms with Crippen LogP contribution in [-0.4, -0.2) is 19.7 Å². The van der Waals surface area contributed by atoms with Crippen LogP contribution in [0.1, 0.15) is 17.0 Å². The Morgan fingerprint density at radius 3 is 2.46 bits per heavy atom. The number of halogens is 2. The summed E-state index contributed by atoms with van der Waals surface area (Å²) < 4.78 is 16.4. The van der Waals surface area contributed by atoms with Crippen molar-refractivity contribution in [2.24, 2.45) is 0 Å². The van der Waals surface area contributed by atoms with E-state index < -0.39 is 0 Å². The maximum atomic E-state index is 14.4. The van der Waals surface area contributed by atoms with E-state index in [1.807, 2.05) is 41.0 Å². The lowest BCUT2D eigenvalue weighted by atomic mass is 10.1. The van der Waals surface area contributed by atoms with E-state index in [1.165, 1.54) is 28.6 Å². The zero-order valence-corrected chi connectivity index (χ0v) is 20.2. The van der Waals surface area contributed by atoms with E-state index in [1.54, 1.807) is 12.1 Å². The first-order valence-electron chi connectivity index (χ1n) is 11.2. The van der Waals surface area contributed by atoms with Gasteiger partial charge < -0.3 is 4.98 Å². The number of hydrogen-bond donors (Lipinski definition) is 1. The molecule has 2 heterocycles. The summed E-state index contributed by atoms with van der Waals surface area (Å²) in [6.45, 7) is 0. The summed E-state index contributed by atoms with van der Waals surface area (Å²) in [5.74, 6) is 0.847. The molecule has 4 nitrogen and oxygen atoms in total. The Kier molecular flexibility index (Phi) is 5.76. The van der Waals surface area contributed by atoms with Gasteiger partial charge in [-0.2, -0.15) is 0 Å². The molecular formula is C28H20ClFN4S. The molecule has 7 heteroatoms. The van der Waals surface area contributed by atoms with E-state index in [0.717, 1.165) is 28.1 Å². The lowest BCUT2D eigenvalue weighted by Crippen LogP contribution is -2.04. The third-order valence-electron chi connectivity index (χ3n) is 6.10. The number of nitrogens with one attached hydrogen (secondary N) is 1. The Hall–Kier alpha value is -3.61. The lowest BCUT2D eigenvalue weighted by molar-refractivity contribution is 0.617. The lowest BCUT2D eigenvalue weighted by Gasteiger charge is -2.11. The van der Waals surface area contributed by atoms with E-state index in [-0.39, 0.29) is 5.82 Å². The van der Waals surface area contributed by atoms with Gasteiger partial charge in [-0.05, 0) is 35.9 Å². The van der Waals surface area contributed by atoms with E-state index in [4.69, 9.17) is 11.6 Å². The molecule has 0 unspecified atom stereocenters. The van der Waals surface area contributed by atoms with Gasteiger partial charge in [0.1, 0.15) is 11.6 Å². The quantitative estimate of drug-likeness (QED) is 0.241. The van der Waals surface area contributed by atoms with Crippen molar-refractivity contribution in [1.82, 2.24) is 19.7 Å². The van der Waals surface area contributed by atoms with Gasteiger partial charge in [0.15, 0.2) is 5.16 Å². The molecule has 0 aliphatic carbocycles. The summed E-state index contributed by atoms with van der Waals surface area (Å²) >= 11 is 7.67. The molecule has 1 N–H and O–H groups in total. The standard InChI is InChI=1S/C28H20ClFN4S/c29-23-13-7-14-24(30)22(23)17-35-28-33-32-26(34(28)19-9-2-1-3-10-19)16-18-8-6-12-21-20-11-4-5-15-25(20)31-27(18)21/h1-15,31H,16-17H2. The van der Waals surface area contributed by atoms with Crippen LogP contribution in [0.4, 0.5) is 4.39 Å². The molecule has 0 radical (unpaired) electrons. The summed E-state index contributed by atoms with van der Waals surface area (Å²) in [4.78, 5) is 3.57. The van der Waals surface area contributed by atoms with Crippen LogP contribution in [0.25, 0.3) is 27.5 Å².